The maximum Gasteiger partial charge on any atom is 0.410 e. The molecular weight excluding hydrogens is 652 g/mol. The second kappa shape index (κ2) is 16.2. The number of hydrogen-bond acceptors (Lipinski definition) is 9. The number of ether oxygens (including phenoxy) is 3. The molecule has 1 aliphatic heterocycles. The van der Waals surface area contributed by atoms with Gasteiger partial charge in [0.05, 0.1) is 18.4 Å². The summed E-state index contributed by atoms with van der Waals surface area (Å²) in [5.41, 5.74) is -0.952. The van der Waals surface area contributed by atoms with E-state index in [2.05, 4.69) is 10.6 Å². The largest absolute Gasteiger partial charge is 0.454 e. The van der Waals surface area contributed by atoms with Crippen LogP contribution in [0, 0.1) is 11.3 Å². The molecule has 0 saturated heterocycles. The van der Waals surface area contributed by atoms with E-state index in [9.17, 15) is 27.9 Å². The summed E-state index contributed by atoms with van der Waals surface area (Å²) in [5.74, 6) is -0.855. The lowest BCUT2D eigenvalue weighted by Crippen LogP contribution is -2.59. The molecule has 0 aromatic heterocycles. The topological polar surface area (TPSA) is 164 Å². The molecule has 49 heavy (non-hydrogen) atoms. The van der Waals surface area contributed by atoms with E-state index in [0.717, 1.165) is 9.21 Å². The molecule has 0 radical (unpaired) electrons. The SMILES string of the molecule is [3H]C(O)(CN(CC(C)C)S(=O)(=O)c1ccc2c(c1)OCO2)[C@H](Cc1ccccc1)NC(=O)[C@@H](NC(=O)CN(C)C(=O)OC(C)(C)C)C(C)(C)C. The summed E-state index contributed by atoms with van der Waals surface area (Å²) in [6, 6.07) is 10.6. The number of sulfonamides is 1. The Labute approximate surface area is 291 Å². The number of carbonyl (C=O) groups excluding carboxylic acids is 3. The molecule has 2 aromatic rings. The fourth-order valence-electron chi connectivity index (χ4n) is 4.99. The highest BCUT2D eigenvalue weighted by Gasteiger charge is 2.37. The minimum Gasteiger partial charge on any atom is -0.454 e. The first-order chi connectivity index (χ1) is 23.0. The lowest BCUT2D eigenvalue weighted by Gasteiger charge is -2.35. The van der Waals surface area contributed by atoms with Crippen molar-refractivity contribution in [2.24, 2.45) is 11.3 Å². The van der Waals surface area contributed by atoms with Gasteiger partial charge in [-0.2, -0.15) is 4.31 Å². The van der Waals surface area contributed by atoms with Crippen molar-refractivity contribution in [3.05, 3.63) is 54.1 Å². The Bertz CT molecular complexity index is 1610. The predicted octanol–water partition coefficient (Wildman–Crippen LogP) is 3.55. The van der Waals surface area contributed by atoms with Crippen LogP contribution in [0.1, 0.15) is 62.3 Å². The molecule has 3 atom stereocenters. The van der Waals surface area contributed by atoms with Crippen molar-refractivity contribution in [2.75, 3.05) is 33.5 Å². The van der Waals surface area contributed by atoms with Crippen LogP contribution in [-0.4, -0.2) is 97.9 Å². The van der Waals surface area contributed by atoms with Gasteiger partial charge in [-0.05, 0) is 56.2 Å². The summed E-state index contributed by atoms with van der Waals surface area (Å²) >= 11 is 0. The summed E-state index contributed by atoms with van der Waals surface area (Å²) < 4.78 is 54.2. The van der Waals surface area contributed by atoms with E-state index < -0.39 is 70.2 Å². The Balaban J connectivity index is 1.91. The van der Waals surface area contributed by atoms with Crippen LogP contribution in [0.3, 0.4) is 0 Å². The Morgan fingerprint density at radius 2 is 1.61 bits per heavy atom. The Hall–Kier alpha value is -3.88. The molecule has 272 valence electrons. The summed E-state index contributed by atoms with van der Waals surface area (Å²) in [6.45, 7) is 12.8. The van der Waals surface area contributed by atoms with Gasteiger partial charge in [0.1, 0.15) is 18.2 Å². The van der Waals surface area contributed by atoms with Gasteiger partial charge in [0, 0.05) is 26.2 Å². The molecule has 3 rings (SSSR count). The second-order valence-corrected chi connectivity index (χ2v) is 16.6. The van der Waals surface area contributed by atoms with Gasteiger partial charge in [-0.3, -0.25) is 9.59 Å². The quantitative estimate of drug-likeness (QED) is 0.267. The third-order valence-electron chi connectivity index (χ3n) is 7.41. The van der Waals surface area contributed by atoms with Gasteiger partial charge in [-0.15, -0.1) is 0 Å². The lowest BCUT2D eigenvalue weighted by atomic mass is 9.85. The highest BCUT2D eigenvalue weighted by atomic mass is 32.2. The average Bonchev–Trinajstić information content (AvgIpc) is 3.46. The number of nitrogens with one attached hydrogen (secondary N) is 2. The second-order valence-electron chi connectivity index (χ2n) is 14.7. The summed E-state index contributed by atoms with van der Waals surface area (Å²) in [5, 5.41) is 17.3. The van der Waals surface area contributed by atoms with Crippen molar-refractivity contribution in [2.45, 2.75) is 90.5 Å². The number of likely N-dealkylation sites (N-methyl/N-ethyl adjacent to an activating group) is 1. The Kier molecular flexibility index (Phi) is 12.6. The van der Waals surface area contributed by atoms with Crippen LogP contribution in [0.2, 0.25) is 0 Å². The molecule has 0 aliphatic carbocycles. The van der Waals surface area contributed by atoms with E-state index >= 15 is 0 Å². The maximum atomic E-state index is 14.0. The third-order valence-corrected chi connectivity index (χ3v) is 9.22. The molecule has 13 nitrogen and oxygen atoms in total. The Morgan fingerprint density at radius 1 is 0.980 bits per heavy atom. The van der Waals surface area contributed by atoms with Crippen LogP contribution in [0.5, 0.6) is 11.5 Å². The normalized spacial score (nSPS) is 16.0. The number of aliphatic hydroxyl groups is 1. The van der Waals surface area contributed by atoms with Crippen molar-refractivity contribution in [1.82, 2.24) is 19.8 Å². The number of benzene rings is 2. The summed E-state index contributed by atoms with van der Waals surface area (Å²) in [6.07, 6.45) is -3.29. The number of amides is 3. The van der Waals surface area contributed by atoms with Crippen molar-refractivity contribution < 1.29 is 43.5 Å². The standard InChI is InChI=1S/C35H52N4O9S/c1-23(2)19-39(49(44,45)25-15-16-28-29(18-25)47-22-46-28)20-27(40)26(17-24-13-11-10-12-14-24)36-32(42)31(34(3,4)5)37-30(41)21-38(9)33(43)48-35(6,7)8/h10-16,18,23,26-27,31,40H,17,19-22H2,1-9H3,(H,36,42)(H,37,41)/t26-,27?,31+/m0/s1/i27T. The minimum atomic E-state index is -4.27. The molecule has 0 saturated carbocycles. The molecule has 0 spiro atoms. The van der Waals surface area contributed by atoms with Crippen molar-refractivity contribution in [1.29, 1.82) is 0 Å². The van der Waals surface area contributed by atoms with Crippen molar-refractivity contribution >= 4 is 27.9 Å². The van der Waals surface area contributed by atoms with Gasteiger partial charge in [0.2, 0.25) is 28.6 Å². The molecule has 0 bridgehead atoms. The fraction of sp³-hybridized carbons (Fsp3) is 0.571. The zero-order valence-corrected chi connectivity index (χ0v) is 30.7. The summed E-state index contributed by atoms with van der Waals surface area (Å²) in [7, 11) is -2.87. The third kappa shape index (κ3) is 11.6. The van der Waals surface area contributed by atoms with E-state index in [1.165, 1.54) is 25.2 Å². The first kappa shape index (κ1) is 37.9. The molecular formula is C35H52N4O9S. The molecule has 1 unspecified atom stereocenters. The lowest BCUT2D eigenvalue weighted by molar-refractivity contribution is -0.133. The average molecular weight is 707 g/mol. The van der Waals surface area contributed by atoms with Gasteiger partial charge in [0.25, 0.3) is 0 Å². The van der Waals surface area contributed by atoms with Crippen LogP contribution < -0.4 is 20.1 Å². The van der Waals surface area contributed by atoms with Crippen LogP contribution >= 0.6 is 0 Å². The smallest absolute Gasteiger partial charge is 0.410 e. The molecule has 14 heteroatoms. The first-order valence-electron chi connectivity index (χ1n) is 16.7. The number of nitrogens with zero attached hydrogens (tertiary/aromatic N) is 2. The highest BCUT2D eigenvalue weighted by Crippen LogP contribution is 2.35. The predicted molar refractivity (Wildman–Crippen MR) is 184 cm³/mol. The highest BCUT2D eigenvalue weighted by molar-refractivity contribution is 7.89. The number of fused-ring (bicyclic) bond motifs is 1. The molecule has 0 fully saturated rings. The molecule has 2 aromatic carbocycles. The van der Waals surface area contributed by atoms with E-state index in [-0.39, 0.29) is 36.3 Å². The fourth-order valence-corrected chi connectivity index (χ4v) is 6.58. The first-order valence-corrected chi connectivity index (χ1v) is 17.6. The summed E-state index contributed by atoms with van der Waals surface area (Å²) in [4.78, 5) is 40.5. The molecule has 3 N–H and O–H groups in total. The Morgan fingerprint density at radius 3 is 2.20 bits per heavy atom. The monoisotopic (exact) mass is 706 g/mol. The van der Waals surface area contributed by atoms with Crippen molar-refractivity contribution in [3.8, 4) is 11.5 Å². The van der Waals surface area contributed by atoms with Crippen LogP contribution in [0.4, 0.5) is 4.79 Å². The van der Waals surface area contributed by atoms with E-state index in [1.54, 1.807) is 71.9 Å². The van der Waals surface area contributed by atoms with E-state index in [0.29, 0.717) is 11.3 Å². The zero-order valence-electron chi connectivity index (χ0n) is 30.9. The van der Waals surface area contributed by atoms with Crippen molar-refractivity contribution in [3.63, 3.8) is 0 Å². The molecule has 1 heterocycles. The zero-order chi connectivity index (χ0) is 37.7. The van der Waals surface area contributed by atoms with E-state index in [4.69, 9.17) is 15.6 Å². The van der Waals surface area contributed by atoms with E-state index in [1.807, 2.05) is 13.8 Å². The van der Waals surface area contributed by atoms with Gasteiger partial charge < -0.3 is 34.9 Å². The minimum absolute atomic E-state index is 0.0294. The van der Waals surface area contributed by atoms with Crippen LogP contribution in [0.15, 0.2) is 53.4 Å². The number of rotatable bonds is 14. The van der Waals surface area contributed by atoms with Crippen LogP contribution in [-0.2, 0) is 30.8 Å². The van der Waals surface area contributed by atoms with Gasteiger partial charge >= 0.3 is 6.09 Å². The maximum absolute atomic E-state index is 14.0. The molecule has 3 amide bonds. The number of carbonyl (C=O) groups is 3. The van der Waals surface area contributed by atoms with Gasteiger partial charge in [0.15, 0.2) is 11.5 Å². The molecule has 1 aliphatic rings. The van der Waals surface area contributed by atoms with Crippen LogP contribution in [0.25, 0.3) is 0 Å². The van der Waals surface area contributed by atoms with Gasteiger partial charge in [-0.25, -0.2) is 13.2 Å². The number of hydrogen-bond donors (Lipinski definition) is 3. The van der Waals surface area contributed by atoms with Gasteiger partial charge in [-0.1, -0.05) is 65.0 Å².